The van der Waals surface area contributed by atoms with E-state index >= 15 is 0 Å². The van der Waals surface area contributed by atoms with Crippen molar-refractivity contribution in [2.24, 2.45) is 5.73 Å². The lowest BCUT2D eigenvalue weighted by Gasteiger charge is -2.20. The Balaban J connectivity index is 2.01. The molecule has 0 aliphatic carbocycles. The monoisotopic (exact) mass is 382 g/mol. The molecule has 0 radical (unpaired) electrons. The van der Waals surface area contributed by atoms with Crippen LogP contribution < -0.4 is 11.1 Å². The quantitative estimate of drug-likeness (QED) is 0.736. The van der Waals surface area contributed by atoms with Crippen molar-refractivity contribution in [3.8, 4) is 0 Å². The molecule has 1 aromatic heterocycles. The average molecular weight is 382 g/mol. The summed E-state index contributed by atoms with van der Waals surface area (Å²) in [7, 11) is -3.83. The van der Waals surface area contributed by atoms with Crippen LogP contribution in [0.4, 0.5) is 0 Å². The maximum absolute atomic E-state index is 12.6. The van der Waals surface area contributed by atoms with Crippen molar-refractivity contribution in [3.05, 3.63) is 24.4 Å². The maximum Gasteiger partial charge on any atom is 0.260 e. The van der Waals surface area contributed by atoms with Gasteiger partial charge in [-0.3, -0.25) is 9.59 Å². The molecule has 1 atom stereocenters. The summed E-state index contributed by atoms with van der Waals surface area (Å²) in [6, 6.07) is 3.94. The van der Waals surface area contributed by atoms with E-state index in [4.69, 9.17) is 5.73 Å². The second kappa shape index (κ2) is 8.24. The van der Waals surface area contributed by atoms with E-state index in [1.165, 1.54) is 12.3 Å². The zero-order valence-corrected chi connectivity index (χ0v) is 16.0. The molecule has 26 heavy (non-hydrogen) atoms. The van der Waals surface area contributed by atoms with Crippen LogP contribution >= 0.6 is 0 Å². The van der Waals surface area contributed by atoms with Crippen LogP contribution in [0.2, 0.25) is 0 Å². The molecular formula is C17H26N4O4S. The normalized spacial score (nSPS) is 19.8. The van der Waals surface area contributed by atoms with Crippen LogP contribution in [0.5, 0.6) is 0 Å². The first-order chi connectivity index (χ1) is 12.1. The molecule has 0 saturated carbocycles. The summed E-state index contributed by atoms with van der Waals surface area (Å²) in [5.74, 6) is -0.565. The van der Waals surface area contributed by atoms with Gasteiger partial charge >= 0.3 is 0 Å². The highest BCUT2D eigenvalue weighted by Gasteiger charge is 2.33. The third-order valence-electron chi connectivity index (χ3n) is 4.19. The largest absolute Gasteiger partial charge is 0.346 e. The van der Waals surface area contributed by atoms with Gasteiger partial charge in [0.1, 0.15) is 0 Å². The first kappa shape index (κ1) is 20.5. The number of rotatable bonds is 6. The van der Waals surface area contributed by atoms with Crippen molar-refractivity contribution in [2.75, 3.05) is 13.1 Å². The van der Waals surface area contributed by atoms with E-state index in [2.05, 4.69) is 10.3 Å². The summed E-state index contributed by atoms with van der Waals surface area (Å²) in [6.45, 7) is 3.61. The van der Waals surface area contributed by atoms with Gasteiger partial charge in [0.15, 0.2) is 10.8 Å². The van der Waals surface area contributed by atoms with Gasteiger partial charge in [0, 0.05) is 24.7 Å². The van der Waals surface area contributed by atoms with Gasteiger partial charge < -0.3 is 11.1 Å². The summed E-state index contributed by atoms with van der Waals surface area (Å²) < 4.78 is 26.4. The molecule has 0 bridgehead atoms. The van der Waals surface area contributed by atoms with Gasteiger partial charge in [0.05, 0.1) is 12.6 Å². The molecule has 0 unspecified atom stereocenters. The first-order valence-electron chi connectivity index (χ1n) is 8.62. The number of hydrogen-bond donors (Lipinski definition) is 2. The number of carbonyl (C=O) groups excluding carboxylic acids is 2. The Bertz CT molecular complexity index is 744. The predicted molar refractivity (Wildman–Crippen MR) is 96.7 cm³/mol. The predicted octanol–water partition coefficient (Wildman–Crippen LogP) is 0.438. The number of sulfonamides is 1. The molecule has 9 heteroatoms. The number of nitrogens with zero attached hydrogens (tertiary/aromatic N) is 2. The summed E-state index contributed by atoms with van der Waals surface area (Å²) in [5.41, 5.74) is 5.40. The van der Waals surface area contributed by atoms with Crippen molar-refractivity contribution >= 4 is 21.7 Å². The maximum atomic E-state index is 12.6. The van der Waals surface area contributed by atoms with Gasteiger partial charge in [0.2, 0.25) is 5.91 Å². The number of carbonyl (C=O) groups is 2. The Morgan fingerprint density at radius 2 is 2.15 bits per heavy atom. The van der Waals surface area contributed by atoms with Crippen LogP contribution in [0.1, 0.15) is 39.5 Å². The number of aromatic nitrogens is 1. The Morgan fingerprint density at radius 3 is 2.77 bits per heavy atom. The molecule has 1 aliphatic heterocycles. The Kier molecular flexibility index (Phi) is 6.48. The van der Waals surface area contributed by atoms with Gasteiger partial charge in [-0.05, 0) is 45.2 Å². The molecule has 0 spiro atoms. The second-order valence-corrected chi connectivity index (χ2v) is 9.11. The van der Waals surface area contributed by atoms with Gasteiger partial charge in [-0.15, -0.1) is 0 Å². The number of Topliss-reactive ketones (excluding diaryl/α,β-unsaturated/α-hetero) is 1. The average Bonchev–Trinajstić information content (AvgIpc) is 2.76. The number of pyridine rings is 1. The van der Waals surface area contributed by atoms with Gasteiger partial charge in [-0.1, -0.05) is 6.07 Å². The first-order valence-corrected chi connectivity index (χ1v) is 10.1. The lowest BCUT2D eigenvalue weighted by atomic mass is 9.99. The van der Waals surface area contributed by atoms with E-state index in [1.54, 1.807) is 12.1 Å². The number of hydrogen-bond acceptors (Lipinski definition) is 6. The van der Waals surface area contributed by atoms with E-state index in [-0.39, 0.29) is 36.2 Å². The number of nitrogens with one attached hydrogen (secondary N) is 1. The molecule has 144 valence electrons. The van der Waals surface area contributed by atoms with Crippen LogP contribution in [0.25, 0.3) is 0 Å². The van der Waals surface area contributed by atoms with Gasteiger partial charge in [0.25, 0.3) is 10.0 Å². The summed E-state index contributed by atoms with van der Waals surface area (Å²) >= 11 is 0. The van der Waals surface area contributed by atoms with Crippen LogP contribution in [0.15, 0.2) is 29.4 Å². The molecule has 1 fully saturated rings. The smallest absolute Gasteiger partial charge is 0.260 e. The molecule has 1 amide bonds. The van der Waals surface area contributed by atoms with Crippen LogP contribution in [0.3, 0.4) is 0 Å². The van der Waals surface area contributed by atoms with E-state index in [9.17, 15) is 18.0 Å². The summed E-state index contributed by atoms with van der Waals surface area (Å²) in [4.78, 5) is 28.4. The van der Waals surface area contributed by atoms with E-state index in [0.717, 1.165) is 4.31 Å². The van der Waals surface area contributed by atoms with E-state index in [0.29, 0.717) is 19.3 Å². The van der Waals surface area contributed by atoms with Gasteiger partial charge in [-0.2, -0.15) is 4.31 Å². The molecule has 2 rings (SSSR count). The summed E-state index contributed by atoms with van der Waals surface area (Å²) in [5, 5.41) is 2.63. The van der Waals surface area contributed by atoms with Crippen molar-refractivity contribution < 1.29 is 18.0 Å². The standard InChI is InChI=1S/C17H26N4O4S/c1-17(2,18)9-8-15(23)20-13-6-5-11-21(12-14(13)22)26(24,25)16-7-3-4-10-19-16/h3-4,7,10,13H,5-6,8-9,11-12,18H2,1-2H3,(H,20,23)/t13-/m0/s1. The van der Waals surface area contributed by atoms with Crippen molar-refractivity contribution in [1.82, 2.24) is 14.6 Å². The lowest BCUT2D eigenvalue weighted by Crippen LogP contribution is -2.45. The highest BCUT2D eigenvalue weighted by atomic mass is 32.2. The van der Waals surface area contributed by atoms with Crippen LogP contribution in [-0.2, 0) is 19.6 Å². The molecule has 1 aromatic rings. The minimum Gasteiger partial charge on any atom is -0.346 e. The Labute approximate surface area is 154 Å². The number of ketones is 1. The molecule has 2 heterocycles. The Morgan fingerprint density at radius 1 is 1.42 bits per heavy atom. The molecule has 1 aliphatic rings. The SMILES string of the molecule is CC(C)(N)CCC(=O)N[C@H]1CCCN(S(=O)(=O)c2ccccn2)CC1=O. The molecule has 3 N–H and O–H groups in total. The number of nitrogens with two attached hydrogens (primary N) is 1. The van der Waals surface area contributed by atoms with Crippen molar-refractivity contribution in [1.29, 1.82) is 0 Å². The van der Waals surface area contributed by atoms with E-state index < -0.39 is 21.6 Å². The fraction of sp³-hybridized carbons (Fsp3) is 0.588. The van der Waals surface area contributed by atoms with Gasteiger partial charge in [-0.25, -0.2) is 13.4 Å². The summed E-state index contributed by atoms with van der Waals surface area (Å²) in [6.07, 6.45) is 3.01. The van der Waals surface area contributed by atoms with E-state index in [1.807, 2.05) is 13.8 Å². The second-order valence-electron chi connectivity index (χ2n) is 7.22. The lowest BCUT2D eigenvalue weighted by molar-refractivity contribution is -0.127. The third-order valence-corrected chi connectivity index (χ3v) is 5.96. The fourth-order valence-corrected chi connectivity index (χ4v) is 4.06. The molecular weight excluding hydrogens is 356 g/mol. The minimum absolute atomic E-state index is 0.0829. The van der Waals surface area contributed by atoms with Crippen LogP contribution in [-0.4, -0.2) is 54.1 Å². The zero-order chi connectivity index (χ0) is 19.4. The minimum atomic E-state index is -3.83. The van der Waals surface area contributed by atoms with Crippen LogP contribution in [0, 0.1) is 0 Å². The zero-order valence-electron chi connectivity index (χ0n) is 15.1. The highest BCUT2D eigenvalue weighted by Crippen LogP contribution is 2.18. The Hall–Kier alpha value is -1.84. The molecule has 0 aromatic carbocycles. The topological polar surface area (TPSA) is 122 Å². The molecule has 1 saturated heterocycles. The van der Waals surface area contributed by atoms with Crippen molar-refractivity contribution in [2.45, 2.75) is 56.1 Å². The fourth-order valence-electron chi connectivity index (χ4n) is 2.69. The number of amides is 1. The molecule has 8 nitrogen and oxygen atoms in total. The third kappa shape index (κ3) is 5.58. The van der Waals surface area contributed by atoms with Crippen molar-refractivity contribution in [3.63, 3.8) is 0 Å². The highest BCUT2D eigenvalue weighted by molar-refractivity contribution is 7.89.